The third-order valence-corrected chi connectivity index (χ3v) is 6.97. The first-order chi connectivity index (χ1) is 17.5. The van der Waals surface area contributed by atoms with Gasteiger partial charge < -0.3 is 14.4 Å². The summed E-state index contributed by atoms with van der Waals surface area (Å²) in [7, 11) is 1.75. The van der Waals surface area contributed by atoms with Crippen LogP contribution in [0.5, 0.6) is 11.5 Å². The number of rotatable bonds is 8. The van der Waals surface area contributed by atoms with Crippen LogP contribution in [0.3, 0.4) is 0 Å². The van der Waals surface area contributed by atoms with Gasteiger partial charge in [-0.3, -0.25) is 19.3 Å². The molecule has 2 aliphatic rings. The van der Waals surface area contributed by atoms with Crippen LogP contribution in [0, 0.1) is 0 Å². The summed E-state index contributed by atoms with van der Waals surface area (Å²) in [5.41, 5.74) is 1.35. The Hall–Kier alpha value is -4.13. The molecule has 2 heterocycles. The molecule has 3 aromatic rings. The van der Waals surface area contributed by atoms with E-state index in [-0.39, 0.29) is 43.9 Å². The zero-order chi connectivity index (χ0) is 25.1. The Labute approximate surface area is 210 Å². The highest BCUT2D eigenvalue weighted by Crippen LogP contribution is 2.41. The highest BCUT2D eigenvalue weighted by molar-refractivity contribution is 6.10. The van der Waals surface area contributed by atoms with E-state index in [0.29, 0.717) is 30.0 Å². The first-order valence-electron chi connectivity index (χ1n) is 12.0. The molecule has 1 atom stereocenters. The lowest BCUT2D eigenvalue weighted by Gasteiger charge is -2.29. The van der Waals surface area contributed by atoms with Crippen molar-refractivity contribution < 1.29 is 23.9 Å². The van der Waals surface area contributed by atoms with Gasteiger partial charge in [0, 0.05) is 26.4 Å². The standard InChI is InChI=1S/C29H28N2O5/c1-30(15-14-21-8-4-2-5-9-21)26(32)17-29(23-10-6-3-7-11-23)18-27(33)31(28(29)34)19-22-12-13-24-25(16-22)36-20-35-24/h2-13,16H,14-15,17-20H2,1H3/t29-/m0/s1. The van der Waals surface area contributed by atoms with E-state index in [9.17, 15) is 14.4 Å². The van der Waals surface area contributed by atoms with Crippen molar-refractivity contribution in [1.29, 1.82) is 0 Å². The third kappa shape index (κ3) is 4.56. The molecule has 0 saturated carbocycles. The Morgan fingerprint density at radius 3 is 2.36 bits per heavy atom. The molecule has 0 aliphatic carbocycles. The summed E-state index contributed by atoms with van der Waals surface area (Å²) in [5, 5.41) is 0. The highest BCUT2D eigenvalue weighted by Gasteiger charge is 2.53. The first-order valence-corrected chi connectivity index (χ1v) is 12.0. The predicted octanol–water partition coefficient (Wildman–Crippen LogP) is 3.70. The predicted molar refractivity (Wildman–Crippen MR) is 133 cm³/mol. The number of amides is 3. The van der Waals surface area contributed by atoms with Gasteiger partial charge in [-0.1, -0.05) is 66.7 Å². The van der Waals surface area contributed by atoms with Crippen molar-refractivity contribution in [3.8, 4) is 11.5 Å². The van der Waals surface area contributed by atoms with E-state index in [0.717, 1.165) is 11.1 Å². The van der Waals surface area contributed by atoms with Crippen LogP contribution >= 0.6 is 0 Å². The Bertz CT molecular complexity index is 1280. The molecule has 36 heavy (non-hydrogen) atoms. The van der Waals surface area contributed by atoms with Crippen molar-refractivity contribution >= 4 is 17.7 Å². The summed E-state index contributed by atoms with van der Waals surface area (Å²) < 4.78 is 10.8. The lowest BCUT2D eigenvalue weighted by atomic mass is 9.75. The lowest BCUT2D eigenvalue weighted by molar-refractivity contribution is -0.143. The fraction of sp³-hybridized carbons (Fsp3) is 0.276. The van der Waals surface area contributed by atoms with Crippen molar-refractivity contribution in [3.05, 3.63) is 95.6 Å². The van der Waals surface area contributed by atoms with E-state index in [1.165, 1.54) is 4.90 Å². The fourth-order valence-electron chi connectivity index (χ4n) is 4.86. The Balaban J connectivity index is 1.37. The van der Waals surface area contributed by atoms with Crippen LogP contribution in [0.4, 0.5) is 0 Å². The van der Waals surface area contributed by atoms with Crippen LogP contribution in [0.1, 0.15) is 29.5 Å². The van der Waals surface area contributed by atoms with E-state index in [1.807, 2.05) is 66.7 Å². The molecule has 5 rings (SSSR count). The van der Waals surface area contributed by atoms with Crippen LogP contribution in [-0.4, -0.2) is 47.9 Å². The minimum absolute atomic E-state index is 0.0430. The number of hydrogen-bond acceptors (Lipinski definition) is 5. The summed E-state index contributed by atoms with van der Waals surface area (Å²) in [6.07, 6.45) is 0.605. The molecule has 3 aromatic carbocycles. The summed E-state index contributed by atoms with van der Waals surface area (Å²) in [4.78, 5) is 43.4. The number of fused-ring (bicyclic) bond motifs is 1. The monoisotopic (exact) mass is 484 g/mol. The lowest BCUT2D eigenvalue weighted by Crippen LogP contribution is -2.42. The van der Waals surface area contributed by atoms with Crippen molar-refractivity contribution in [2.45, 2.75) is 31.2 Å². The van der Waals surface area contributed by atoms with Crippen LogP contribution in [0.15, 0.2) is 78.9 Å². The molecule has 0 bridgehead atoms. The summed E-state index contributed by atoms with van der Waals surface area (Å²) >= 11 is 0. The molecule has 0 unspecified atom stereocenters. The molecular formula is C29H28N2O5. The second kappa shape index (κ2) is 9.85. The molecule has 0 spiro atoms. The minimum atomic E-state index is -1.23. The number of carbonyl (C=O) groups is 3. The topological polar surface area (TPSA) is 76.2 Å². The van der Waals surface area contributed by atoms with Gasteiger partial charge in [-0.25, -0.2) is 0 Å². The minimum Gasteiger partial charge on any atom is -0.454 e. The first kappa shape index (κ1) is 23.6. The maximum atomic E-state index is 13.9. The molecule has 1 saturated heterocycles. The molecule has 1 fully saturated rings. The molecule has 2 aliphatic heterocycles. The average Bonchev–Trinajstić information content (AvgIpc) is 3.47. The van der Waals surface area contributed by atoms with E-state index in [4.69, 9.17) is 9.47 Å². The van der Waals surface area contributed by atoms with Crippen molar-refractivity contribution in [1.82, 2.24) is 9.80 Å². The molecule has 3 amide bonds. The van der Waals surface area contributed by atoms with Crippen LogP contribution in [-0.2, 0) is 32.8 Å². The van der Waals surface area contributed by atoms with Crippen LogP contribution in [0.2, 0.25) is 0 Å². The zero-order valence-electron chi connectivity index (χ0n) is 20.2. The smallest absolute Gasteiger partial charge is 0.241 e. The van der Waals surface area contributed by atoms with Gasteiger partial charge in [0.2, 0.25) is 24.5 Å². The van der Waals surface area contributed by atoms with E-state index in [1.54, 1.807) is 24.1 Å². The van der Waals surface area contributed by atoms with Gasteiger partial charge in [-0.15, -0.1) is 0 Å². The van der Waals surface area contributed by atoms with Crippen molar-refractivity contribution in [2.75, 3.05) is 20.4 Å². The van der Waals surface area contributed by atoms with Crippen molar-refractivity contribution in [2.24, 2.45) is 0 Å². The SMILES string of the molecule is CN(CCc1ccccc1)C(=O)C[C@@]1(c2ccccc2)CC(=O)N(Cc2ccc3c(c2)OCO3)C1=O. The Morgan fingerprint density at radius 1 is 0.917 bits per heavy atom. The van der Waals surface area contributed by atoms with Gasteiger partial charge in [-0.05, 0) is 35.2 Å². The van der Waals surface area contributed by atoms with Gasteiger partial charge >= 0.3 is 0 Å². The largest absolute Gasteiger partial charge is 0.454 e. The molecule has 0 radical (unpaired) electrons. The summed E-state index contributed by atoms with van der Waals surface area (Å²) in [5.74, 6) is 0.431. The van der Waals surface area contributed by atoms with Gasteiger partial charge in [0.1, 0.15) is 0 Å². The number of hydrogen-bond donors (Lipinski definition) is 0. The molecule has 184 valence electrons. The molecular weight excluding hydrogens is 456 g/mol. The fourth-order valence-corrected chi connectivity index (χ4v) is 4.86. The maximum Gasteiger partial charge on any atom is 0.241 e. The number of benzene rings is 3. The van der Waals surface area contributed by atoms with E-state index >= 15 is 0 Å². The Morgan fingerprint density at radius 2 is 1.61 bits per heavy atom. The van der Waals surface area contributed by atoms with Gasteiger partial charge in [-0.2, -0.15) is 0 Å². The molecule has 0 aromatic heterocycles. The summed E-state index contributed by atoms with van der Waals surface area (Å²) in [6, 6.07) is 24.5. The number of likely N-dealkylation sites (tertiary alicyclic amines) is 1. The van der Waals surface area contributed by atoms with Crippen LogP contribution < -0.4 is 9.47 Å². The molecule has 0 N–H and O–H groups in total. The molecule has 7 heteroatoms. The number of nitrogens with zero attached hydrogens (tertiary/aromatic N) is 2. The number of carbonyl (C=O) groups excluding carboxylic acids is 3. The average molecular weight is 485 g/mol. The van der Waals surface area contributed by atoms with Gasteiger partial charge in [0.15, 0.2) is 11.5 Å². The second-order valence-corrected chi connectivity index (χ2v) is 9.33. The van der Waals surface area contributed by atoms with E-state index in [2.05, 4.69) is 0 Å². The van der Waals surface area contributed by atoms with Gasteiger partial charge in [0.25, 0.3) is 0 Å². The Kier molecular flexibility index (Phi) is 6.46. The van der Waals surface area contributed by atoms with Gasteiger partial charge in [0.05, 0.1) is 12.0 Å². The second-order valence-electron chi connectivity index (χ2n) is 9.33. The third-order valence-electron chi connectivity index (χ3n) is 6.97. The normalized spacial score (nSPS) is 18.5. The number of ether oxygens (including phenoxy) is 2. The molecule has 7 nitrogen and oxygen atoms in total. The zero-order valence-corrected chi connectivity index (χ0v) is 20.2. The van der Waals surface area contributed by atoms with E-state index < -0.39 is 5.41 Å². The highest BCUT2D eigenvalue weighted by atomic mass is 16.7. The quantitative estimate of drug-likeness (QED) is 0.456. The van der Waals surface area contributed by atoms with Crippen LogP contribution in [0.25, 0.3) is 0 Å². The summed E-state index contributed by atoms with van der Waals surface area (Å²) in [6.45, 7) is 0.787. The maximum absolute atomic E-state index is 13.9. The van der Waals surface area contributed by atoms with Crippen molar-refractivity contribution in [3.63, 3.8) is 0 Å². The number of likely N-dealkylation sites (N-methyl/N-ethyl adjacent to an activating group) is 1. The number of imide groups is 1.